The van der Waals surface area contributed by atoms with Gasteiger partial charge in [-0.25, -0.2) is 4.98 Å². The first-order valence-electron chi connectivity index (χ1n) is 7.53. The van der Waals surface area contributed by atoms with Crippen molar-refractivity contribution in [2.75, 3.05) is 18.8 Å². The molecule has 1 aliphatic heterocycles. The standard InChI is InChI=1S/C16H18N2O3S2/c1-10-8-18(7-6-11(10)15(20)21)14(19)9-22-16-17-12-4-2-3-5-13(12)23-16/h2-5,10-11H,6-9H2,1H3,(H,20,21). The van der Waals surface area contributed by atoms with Crippen molar-refractivity contribution >= 4 is 45.2 Å². The maximum absolute atomic E-state index is 12.3. The van der Waals surface area contributed by atoms with Crippen LogP contribution in [0.1, 0.15) is 13.3 Å². The topological polar surface area (TPSA) is 70.5 Å². The van der Waals surface area contributed by atoms with Crippen LogP contribution in [0.4, 0.5) is 0 Å². The van der Waals surface area contributed by atoms with E-state index in [2.05, 4.69) is 4.98 Å². The van der Waals surface area contributed by atoms with Crippen LogP contribution < -0.4 is 0 Å². The Balaban J connectivity index is 1.56. The van der Waals surface area contributed by atoms with E-state index in [-0.39, 0.29) is 17.7 Å². The van der Waals surface area contributed by atoms with Gasteiger partial charge >= 0.3 is 5.97 Å². The Morgan fingerprint density at radius 3 is 2.91 bits per heavy atom. The van der Waals surface area contributed by atoms with Crippen molar-refractivity contribution in [1.29, 1.82) is 0 Å². The fourth-order valence-corrected chi connectivity index (χ4v) is 4.84. The molecule has 2 aromatic rings. The van der Waals surface area contributed by atoms with Gasteiger partial charge in [0.1, 0.15) is 0 Å². The summed E-state index contributed by atoms with van der Waals surface area (Å²) in [4.78, 5) is 29.8. The van der Waals surface area contributed by atoms with E-state index in [1.54, 1.807) is 16.2 Å². The summed E-state index contributed by atoms with van der Waals surface area (Å²) in [5, 5.41) is 9.14. The zero-order chi connectivity index (χ0) is 16.4. The number of hydrogen-bond acceptors (Lipinski definition) is 5. The number of benzene rings is 1. The number of amides is 1. The highest BCUT2D eigenvalue weighted by Gasteiger charge is 2.32. The molecule has 7 heteroatoms. The summed E-state index contributed by atoms with van der Waals surface area (Å²) in [6, 6.07) is 7.93. The van der Waals surface area contributed by atoms with Crippen molar-refractivity contribution in [3.8, 4) is 0 Å². The van der Waals surface area contributed by atoms with Gasteiger partial charge in [-0.3, -0.25) is 9.59 Å². The summed E-state index contributed by atoms with van der Waals surface area (Å²) in [6.45, 7) is 2.95. The number of carboxylic acids is 1. The number of fused-ring (bicyclic) bond motifs is 1. The van der Waals surface area contributed by atoms with Crippen LogP contribution in [0.5, 0.6) is 0 Å². The van der Waals surface area contributed by atoms with Gasteiger partial charge in [0.15, 0.2) is 4.34 Å². The summed E-state index contributed by atoms with van der Waals surface area (Å²) >= 11 is 3.05. The monoisotopic (exact) mass is 350 g/mol. The molecular weight excluding hydrogens is 332 g/mol. The normalized spacial score (nSPS) is 21.5. The summed E-state index contributed by atoms with van der Waals surface area (Å²) in [5.41, 5.74) is 0.961. The first-order chi connectivity index (χ1) is 11.0. The van der Waals surface area contributed by atoms with E-state index in [4.69, 9.17) is 5.11 Å². The minimum absolute atomic E-state index is 0.00218. The second-order valence-corrected chi connectivity index (χ2v) is 8.04. The molecule has 3 rings (SSSR count). The molecule has 1 aromatic carbocycles. The van der Waals surface area contributed by atoms with Crippen molar-refractivity contribution in [1.82, 2.24) is 9.88 Å². The van der Waals surface area contributed by atoms with Crippen LogP contribution in [0.25, 0.3) is 10.2 Å². The van der Waals surface area contributed by atoms with Gasteiger partial charge in [0.2, 0.25) is 5.91 Å². The molecule has 5 nitrogen and oxygen atoms in total. The summed E-state index contributed by atoms with van der Waals surface area (Å²) < 4.78 is 2.02. The highest BCUT2D eigenvalue weighted by Crippen LogP contribution is 2.30. The Hall–Kier alpha value is -1.60. The lowest BCUT2D eigenvalue weighted by molar-refractivity contribution is -0.147. The third-order valence-corrected chi connectivity index (χ3v) is 6.33. The number of likely N-dealkylation sites (tertiary alicyclic amines) is 1. The van der Waals surface area contributed by atoms with E-state index in [1.165, 1.54) is 11.8 Å². The third kappa shape index (κ3) is 3.67. The van der Waals surface area contributed by atoms with Gasteiger partial charge in [-0.15, -0.1) is 11.3 Å². The van der Waals surface area contributed by atoms with Gasteiger partial charge < -0.3 is 10.0 Å². The van der Waals surface area contributed by atoms with E-state index in [0.29, 0.717) is 25.3 Å². The van der Waals surface area contributed by atoms with Gasteiger partial charge in [0.25, 0.3) is 0 Å². The molecule has 2 atom stereocenters. The van der Waals surface area contributed by atoms with Gasteiger partial charge in [-0.1, -0.05) is 30.8 Å². The first-order valence-corrected chi connectivity index (χ1v) is 9.34. The maximum atomic E-state index is 12.3. The Kier molecular flexibility index (Phi) is 4.87. The van der Waals surface area contributed by atoms with Crippen molar-refractivity contribution in [3.63, 3.8) is 0 Å². The maximum Gasteiger partial charge on any atom is 0.306 e. The zero-order valence-electron chi connectivity index (χ0n) is 12.8. The van der Waals surface area contributed by atoms with E-state index in [0.717, 1.165) is 14.6 Å². The fourth-order valence-electron chi connectivity index (χ4n) is 2.87. The van der Waals surface area contributed by atoms with Crippen LogP contribution in [0.15, 0.2) is 28.6 Å². The number of piperidine rings is 1. The fraction of sp³-hybridized carbons (Fsp3) is 0.438. The van der Waals surface area contributed by atoms with Crippen LogP contribution in [-0.2, 0) is 9.59 Å². The van der Waals surface area contributed by atoms with Gasteiger partial charge in [0, 0.05) is 13.1 Å². The average Bonchev–Trinajstić information content (AvgIpc) is 2.95. The first kappa shape index (κ1) is 16.3. The molecular formula is C16H18N2O3S2. The molecule has 0 spiro atoms. The van der Waals surface area contributed by atoms with Gasteiger partial charge in [0.05, 0.1) is 21.9 Å². The number of thiazole rings is 1. The Labute approximate surface area is 142 Å². The van der Waals surface area contributed by atoms with Crippen molar-refractivity contribution in [3.05, 3.63) is 24.3 Å². The summed E-state index contributed by atoms with van der Waals surface area (Å²) in [6.07, 6.45) is 0.536. The lowest BCUT2D eigenvalue weighted by Crippen LogP contribution is -2.45. The average molecular weight is 350 g/mol. The molecule has 2 unspecified atom stereocenters. The molecule has 1 aliphatic rings. The molecule has 0 saturated carbocycles. The predicted octanol–water partition coefficient (Wildman–Crippen LogP) is 2.96. The molecule has 1 amide bonds. The largest absolute Gasteiger partial charge is 0.481 e. The summed E-state index contributed by atoms with van der Waals surface area (Å²) in [5.74, 6) is -0.684. The number of aliphatic carboxylic acids is 1. The molecule has 1 saturated heterocycles. The minimum atomic E-state index is -0.756. The molecule has 0 aliphatic carbocycles. The van der Waals surface area contributed by atoms with Gasteiger partial charge in [-0.2, -0.15) is 0 Å². The Morgan fingerprint density at radius 2 is 2.22 bits per heavy atom. The van der Waals surface area contributed by atoms with Crippen molar-refractivity contribution < 1.29 is 14.7 Å². The number of carboxylic acid groups (broad SMARTS) is 1. The number of rotatable bonds is 4. The summed E-state index contributed by atoms with van der Waals surface area (Å²) in [7, 11) is 0. The van der Waals surface area contributed by atoms with Crippen LogP contribution in [0.2, 0.25) is 0 Å². The zero-order valence-corrected chi connectivity index (χ0v) is 14.4. The second kappa shape index (κ2) is 6.88. The minimum Gasteiger partial charge on any atom is -0.481 e. The van der Waals surface area contributed by atoms with Crippen molar-refractivity contribution in [2.24, 2.45) is 11.8 Å². The number of hydrogen-bond donors (Lipinski definition) is 1. The third-order valence-electron chi connectivity index (χ3n) is 4.17. The van der Waals surface area contributed by atoms with Crippen LogP contribution in [-0.4, -0.2) is 45.7 Å². The lowest BCUT2D eigenvalue weighted by atomic mass is 9.87. The molecule has 23 heavy (non-hydrogen) atoms. The van der Waals surface area contributed by atoms with E-state index < -0.39 is 5.97 Å². The van der Waals surface area contributed by atoms with E-state index in [1.807, 2.05) is 31.2 Å². The van der Waals surface area contributed by atoms with Gasteiger partial charge in [-0.05, 0) is 24.5 Å². The van der Waals surface area contributed by atoms with Crippen molar-refractivity contribution in [2.45, 2.75) is 17.7 Å². The predicted molar refractivity (Wildman–Crippen MR) is 91.8 cm³/mol. The number of carbonyl (C=O) groups is 2. The number of carbonyl (C=O) groups excluding carboxylic acids is 1. The number of thioether (sulfide) groups is 1. The van der Waals surface area contributed by atoms with Crippen LogP contribution in [0, 0.1) is 11.8 Å². The van der Waals surface area contributed by atoms with Crippen LogP contribution in [0.3, 0.4) is 0 Å². The lowest BCUT2D eigenvalue weighted by Gasteiger charge is -2.34. The smallest absolute Gasteiger partial charge is 0.306 e. The molecule has 2 heterocycles. The second-order valence-electron chi connectivity index (χ2n) is 5.79. The molecule has 1 fully saturated rings. The van der Waals surface area contributed by atoms with E-state index >= 15 is 0 Å². The molecule has 1 N–H and O–H groups in total. The Bertz CT molecular complexity index is 698. The van der Waals surface area contributed by atoms with E-state index in [9.17, 15) is 9.59 Å². The highest BCUT2D eigenvalue weighted by molar-refractivity contribution is 8.01. The SMILES string of the molecule is CC1CN(C(=O)CSc2nc3ccccc3s2)CCC1C(=O)O. The molecule has 0 radical (unpaired) electrons. The number of nitrogens with zero attached hydrogens (tertiary/aromatic N) is 2. The molecule has 122 valence electrons. The quantitative estimate of drug-likeness (QED) is 0.859. The molecule has 1 aromatic heterocycles. The van der Waals surface area contributed by atoms with Crippen LogP contribution >= 0.6 is 23.1 Å². The highest BCUT2D eigenvalue weighted by atomic mass is 32.2. The number of aromatic nitrogens is 1. The number of para-hydroxylation sites is 1. The Morgan fingerprint density at radius 1 is 1.43 bits per heavy atom. The molecule has 0 bridgehead atoms.